The van der Waals surface area contributed by atoms with E-state index in [0.29, 0.717) is 12.7 Å². The van der Waals surface area contributed by atoms with Crippen molar-refractivity contribution in [2.45, 2.75) is 63.8 Å². The van der Waals surface area contributed by atoms with Crippen LogP contribution in [0.2, 0.25) is 6.04 Å². The first-order valence-corrected chi connectivity index (χ1v) is 12.8. The first-order chi connectivity index (χ1) is 14.4. The standard InChI is InChI=1S/C22H40N2O5Si/c1-7-9-10-17-28-21(29-30(26-5,27-6)18-8-2)20(25)13-16-22(24-4)14-11-19(23-3)12-15-22/h11-14,16,21,23-24H,7-10,15,17-18H2,1-6H3. The second-order valence-corrected chi connectivity index (χ2v) is 10.3. The molecule has 0 aromatic rings. The Hall–Kier alpha value is -1.29. The van der Waals surface area contributed by atoms with Crippen LogP contribution in [0.15, 0.2) is 36.1 Å². The van der Waals surface area contributed by atoms with Crippen molar-refractivity contribution in [1.82, 2.24) is 10.6 Å². The van der Waals surface area contributed by atoms with Crippen molar-refractivity contribution in [3.05, 3.63) is 36.1 Å². The molecule has 1 aliphatic carbocycles. The van der Waals surface area contributed by atoms with E-state index in [2.05, 4.69) is 23.6 Å². The van der Waals surface area contributed by atoms with Gasteiger partial charge >= 0.3 is 8.80 Å². The molecule has 0 saturated carbocycles. The fraction of sp³-hybridized carbons (Fsp3) is 0.682. The minimum Gasteiger partial charge on any atom is -0.388 e. The molecule has 7 nitrogen and oxygen atoms in total. The topological polar surface area (TPSA) is 78.0 Å². The summed E-state index contributed by atoms with van der Waals surface area (Å²) in [7, 11) is 3.92. The van der Waals surface area contributed by atoms with Crippen molar-refractivity contribution >= 4 is 14.6 Å². The Morgan fingerprint density at radius 3 is 2.47 bits per heavy atom. The molecule has 0 aromatic carbocycles. The number of hydrogen-bond donors (Lipinski definition) is 2. The Kier molecular flexibility index (Phi) is 12.4. The first kappa shape index (κ1) is 26.7. The SMILES string of the molecule is CCCCCOC(O[Si](CCC)(OC)OC)C(=O)C=CC1(NC)C=CC(NC)=CC1. The molecule has 30 heavy (non-hydrogen) atoms. The van der Waals surface area contributed by atoms with E-state index in [4.69, 9.17) is 18.0 Å². The van der Waals surface area contributed by atoms with E-state index in [1.165, 1.54) is 0 Å². The molecule has 0 spiro atoms. The molecule has 0 fully saturated rings. The molecule has 2 atom stereocenters. The van der Waals surface area contributed by atoms with Gasteiger partial charge in [0, 0.05) is 33.0 Å². The van der Waals surface area contributed by atoms with Crippen molar-refractivity contribution in [2.75, 3.05) is 34.9 Å². The highest BCUT2D eigenvalue weighted by Gasteiger charge is 2.42. The molecule has 0 bridgehead atoms. The van der Waals surface area contributed by atoms with Gasteiger partial charge in [-0.2, -0.15) is 0 Å². The molecule has 0 radical (unpaired) electrons. The van der Waals surface area contributed by atoms with E-state index in [9.17, 15) is 4.79 Å². The third-order valence-electron chi connectivity index (χ3n) is 5.23. The Bertz CT molecular complexity index is 604. The average molecular weight is 441 g/mol. The largest absolute Gasteiger partial charge is 0.502 e. The van der Waals surface area contributed by atoms with E-state index < -0.39 is 20.6 Å². The molecule has 2 unspecified atom stereocenters. The molecule has 1 rings (SSSR count). The number of hydrogen-bond acceptors (Lipinski definition) is 7. The summed E-state index contributed by atoms with van der Waals surface area (Å²) in [6.07, 6.45) is 13.0. The maximum atomic E-state index is 13.0. The number of carbonyl (C=O) groups is 1. The zero-order valence-corrected chi connectivity index (χ0v) is 20.5. The van der Waals surface area contributed by atoms with Crippen LogP contribution < -0.4 is 10.6 Å². The summed E-state index contributed by atoms with van der Waals surface area (Å²) in [6.45, 7) is 4.61. The number of allylic oxidation sites excluding steroid dienone is 1. The Labute approximate surface area is 183 Å². The quantitative estimate of drug-likeness (QED) is 0.165. The number of nitrogens with one attached hydrogen (secondary N) is 2. The predicted molar refractivity (Wildman–Crippen MR) is 122 cm³/mol. The lowest BCUT2D eigenvalue weighted by molar-refractivity contribution is -0.154. The average Bonchev–Trinajstić information content (AvgIpc) is 2.79. The molecule has 0 aromatic heterocycles. The summed E-state index contributed by atoms with van der Waals surface area (Å²) in [5, 5.41) is 6.41. The summed E-state index contributed by atoms with van der Waals surface area (Å²) < 4.78 is 23.1. The lowest BCUT2D eigenvalue weighted by Gasteiger charge is -2.31. The Morgan fingerprint density at radius 1 is 1.23 bits per heavy atom. The van der Waals surface area contributed by atoms with E-state index in [1.54, 1.807) is 20.3 Å². The zero-order valence-electron chi connectivity index (χ0n) is 19.5. The molecule has 0 heterocycles. The summed E-state index contributed by atoms with van der Waals surface area (Å²) in [5.74, 6) is -0.250. The highest BCUT2D eigenvalue weighted by atomic mass is 28.4. The van der Waals surface area contributed by atoms with Crippen molar-refractivity contribution in [3.8, 4) is 0 Å². The van der Waals surface area contributed by atoms with E-state index in [-0.39, 0.29) is 5.78 Å². The first-order valence-electron chi connectivity index (χ1n) is 10.8. The van der Waals surface area contributed by atoms with Crippen LogP contribution in [0.1, 0.15) is 46.0 Å². The monoisotopic (exact) mass is 440 g/mol. The summed E-state index contributed by atoms with van der Waals surface area (Å²) >= 11 is 0. The van der Waals surface area contributed by atoms with E-state index in [1.807, 2.05) is 39.2 Å². The van der Waals surface area contributed by atoms with Gasteiger partial charge in [0.2, 0.25) is 12.1 Å². The second-order valence-electron chi connectivity index (χ2n) is 7.34. The normalized spacial score (nSPS) is 20.4. The minimum absolute atomic E-state index is 0.250. The smallest absolute Gasteiger partial charge is 0.388 e. The van der Waals surface area contributed by atoms with E-state index in [0.717, 1.165) is 37.8 Å². The van der Waals surface area contributed by atoms with Crippen LogP contribution in [0.4, 0.5) is 0 Å². The number of ketones is 1. The van der Waals surface area contributed by atoms with Crippen LogP contribution in [0.5, 0.6) is 0 Å². The lowest BCUT2D eigenvalue weighted by atomic mass is 9.89. The molecule has 1 aliphatic rings. The maximum absolute atomic E-state index is 13.0. The van der Waals surface area contributed by atoms with Gasteiger partial charge in [-0.15, -0.1) is 0 Å². The fourth-order valence-corrected chi connectivity index (χ4v) is 5.18. The highest BCUT2D eigenvalue weighted by molar-refractivity contribution is 6.60. The van der Waals surface area contributed by atoms with Gasteiger partial charge in [0.25, 0.3) is 0 Å². The predicted octanol–water partition coefficient (Wildman–Crippen LogP) is 3.32. The van der Waals surface area contributed by atoms with Crippen LogP contribution in [0, 0.1) is 0 Å². The molecular weight excluding hydrogens is 400 g/mol. The summed E-state index contributed by atoms with van der Waals surface area (Å²) in [5.41, 5.74) is 0.625. The minimum atomic E-state index is -2.97. The van der Waals surface area contributed by atoms with Crippen LogP contribution in [-0.4, -0.2) is 61.3 Å². The van der Waals surface area contributed by atoms with Gasteiger partial charge in [0.1, 0.15) is 0 Å². The molecule has 0 saturated heterocycles. The van der Waals surface area contributed by atoms with Gasteiger partial charge in [-0.3, -0.25) is 4.79 Å². The number of likely N-dealkylation sites (N-methyl/N-ethyl adjacent to an activating group) is 2. The van der Waals surface area contributed by atoms with Crippen molar-refractivity contribution < 1.29 is 22.8 Å². The lowest BCUT2D eigenvalue weighted by Crippen LogP contribution is -2.49. The molecule has 8 heteroatoms. The van der Waals surface area contributed by atoms with Crippen LogP contribution >= 0.6 is 0 Å². The van der Waals surface area contributed by atoms with Gasteiger partial charge in [0.15, 0.2) is 0 Å². The van der Waals surface area contributed by atoms with Crippen LogP contribution in [-0.2, 0) is 22.8 Å². The number of unbranched alkanes of at least 4 members (excludes halogenated alkanes) is 2. The van der Waals surface area contributed by atoms with Gasteiger partial charge in [0.05, 0.1) is 12.1 Å². The molecule has 0 aliphatic heterocycles. The van der Waals surface area contributed by atoms with Crippen molar-refractivity contribution in [1.29, 1.82) is 0 Å². The van der Waals surface area contributed by atoms with Crippen molar-refractivity contribution in [2.24, 2.45) is 0 Å². The summed E-state index contributed by atoms with van der Waals surface area (Å²) in [4.78, 5) is 13.0. The molecule has 172 valence electrons. The van der Waals surface area contributed by atoms with Crippen molar-refractivity contribution in [3.63, 3.8) is 0 Å². The van der Waals surface area contributed by atoms with Gasteiger partial charge in [-0.25, -0.2) is 0 Å². The van der Waals surface area contributed by atoms with Gasteiger partial charge in [-0.1, -0.05) is 51.3 Å². The van der Waals surface area contributed by atoms with E-state index >= 15 is 0 Å². The molecular formula is C22H40N2O5Si. The Morgan fingerprint density at radius 2 is 1.97 bits per heavy atom. The molecule has 2 N–H and O–H groups in total. The highest BCUT2D eigenvalue weighted by Crippen LogP contribution is 2.23. The maximum Gasteiger partial charge on any atom is 0.502 e. The third-order valence-corrected chi connectivity index (χ3v) is 8.16. The fourth-order valence-electron chi connectivity index (χ4n) is 3.17. The number of carbonyl (C=O) groups excluding carboxylic acids is 1. The summed E-state index contributed by atoms with van der Waals surface area (Å²) in [6, 6.07) is 0.618. The number of rotatable bonds is 16. The molecule has 0 amide bonds. The second kappa shape index (κ2) is 13.9. The van der Waals surface area contributed by atoms with Crippen LogP contribution in [0.25, 0.3) is 0 Å². The van der Waals surface area contributed by atoms with Gasteiger partial charge < -0.3 is 28.6 Å². The van der Waals surface area contributed by atoms with Crippen LogP contribution in [0.3, 0.4) is 0 Å². The third kappa shape index (κ3) is 8.09. The van der Waals surface area contributed by atoms with Gasteiger partial charge in [-0.05, 0) is 32.0 Å². The number of ether oxygens (including phenoxy) is 1. The Balaban J connectivity index is 2.96. The zero-order chi connectivity index (χ0) is 22.5.